The van der Waals surface area contributed by atoms with Gasteiger partial charge < -0.3 is 9.47 Å². The predicted molar refractivity (Wildman–Crippen MR) is 113 cm³/mol. The lowest BCUT2D eigenvalue weighted by molar-refractivity contribution is -0.133. The molecule has 0 fully saturated rings. The molecule has 1 heterocycles. The van der Waals surface area contributed by atoms with Crippen LogP contribution in [0.1, 0.15) is 6.92 Å². The van der Waals surface area contributed by atoms with Gasteiger partial charge in [-0.1, -0.05) is 33.6 Å². The second-order valence-electron chi connectivity index (χ2n) is 5.99. The maximum atomic E-state index is 12.1. The average Bonchev–Trinajstić information content (AvgIpc) is 2.71. The Morgan fingerprint density at radius 3 is 2.79 bits per heavy atom. The highest BCUT2D eigenvalue weighted by Crippen LogP contribution is 2.29. The van der Waals surface area contributed by atoms with Crippen molar-refractivity contribution in [2.24, 2.45) is 0 Å². The van der Waals surface area contributed by atoms with E-state index in [1.165, 1.54) is 0 Å². The molecule has 1 aromatic heterocycles. The fraction of sp³-hybridized carbons (Fsp3) is 0.150. The van der Waals surface area contributed by atoms with E-state index in [1.807, 2.05) is 12.1 Å². The monoisotopic (exact) mass is 477 g/mol. The van der Waals surface area contributed by atoms with E-state index in [1.54, 1.807) is 49.5 Å². The number of nitrogens with one attached hydrogen (secondary N) is 2. The van der Waals surface area contributed by atoms with Crippen molar-refractivity contribution in [3.05, 3.63) is 64.2 Å². The maximum Gasteiger partial charge on any atom is 0.279 e. The van der Waals surface area contributed by atoms with Crippen LogP contribution in [0, 0.1) is 0 Å². The zero-order valence-corrected chi connectivity index (χ0v) is 17.7. The number of amides is 2. The van der Waals surface area contributed by atoms with E-state index < -0.39 is 17.9 Å². The molecule has 1 unspecified atom stereocenters. The average molecular weight is 479 g/mol. The lowest BCUT2D eigenvalue weighted by Gasteiger charge is -2.15. The standard InChI is InChI=1S/C20H17BrClN3O4/c1-12(29-14-5-2-4-13(21)10-14)20(27)25-24-18(26)11-28-17-8-7-16(22)15-6-3-9-23-19(15)17/h2-10,12H,11H2,1H3,(H,24,26)(H,25,27). The molecule has 2 aromatic carbocycles. The largest absolute Gasteiger partial charge is 0.481 e. The van der Waals surface area contributed by atoms with Gasteiger partial charge in [-0.25, -0.2) is 0 Å². The summed E-state index contributed by atoms with van der Waals surface area (Å²) in [6.45, 7) is 1.26. The molecule has 0 aliphatic heterocycles. The normalized spacial score (nSPS) is 11.6. The van der Waals surface area contributed by atoms with Crippen molar-refractivity contribution >= 4 is 50.2 Å². The first-order valence-electron chi connectivity index (χ1n) is 8.61. The summed E-state index contributed by atoms with van der Waals surface area (Å²) in [5.74, 6) is -0.0967. The van der Waals surface area contributed by atoms with Gasteiger partial charge in [0.15, 0.2) is 12.7 Å². The van der Waals surface area contributed by atoms with Crippen LogP contribution in [0.5, 0.6) is 11.5 Å². The van der Waals surface area contributed by atoms with E-state index in [0.29, 0.717) is 22.0 Å². The Balaban J connectivity index is 1.50. The first-order chi connectivity index (χ1) is 13.9. The summed E-state index contributed by atoms with van der Waals surface area (Å²) in [7, 11) is 0. The smallest absolute Gasteiger partial charge is 0.279 e. The topological polar surface area (TPSA) is 89.6 Å². The van der Waals surface area contributed by atoms with Gasteiger partial charge in [0.25, 0.3) is 11.8 Å². The molecule has 3 rings (SSSR count). The van der Waals surface area contributed by atoms with Crippen LogP contribution in [0.4, 0.5) is 0 Å². The summed E-state index contributed by atoms with van der Waals surface area (Å²) in [4.78, 5) is 28.3. The lowest BCUT2D eigenvalue weighted by Crippen LogP contribution is -2.48. The van der Waals surface area contributed by atoms with Crippen molar-refractivity contribution in [2.45, 2.75) is 13.0 Å². The van der Waals surface area contributed by atoms with Crippen LogP contribution in [0.2, 0.25) is 5.02 Å². The first-order valence-corrected chi connectivity index (χ1v) is 9.78. The van der Waals surface area contributed by atoms with E-state index in [4.69, 9.17) is 21.1 Å². The fourth-order valence-corrected chi connectivity index (χ4v) is 3.03. The third kappa shape index (κ3) is 5.58. The Hall–Kier alpha value is -2.84. The van der Waals surface area contributed by atoms with Crippen molar-refractivity contribution in [3.63, 3.8) is 0 Å². The minimum Gasteiger partial charge on any atom is -0.481 e. The molecule has 0 spiro atoms. The molecule has 3 aromatic rings. The number of fused-ring (bicyclic) bond motifs is 1. The van der Waals surface area contributed by atoms with Gasteiger partial charge >= 0.3 is 0 Å². The molecule has 0 aliphatic rings. The van der Waals surface area contributed by atoms with Crippen LogP contribution in [-0.4, -0.2) is 29.5 Å². The Morgan fingerprint density at radius 2 is 2.00 bits per heavy atom. The van der Waals surface area contributed by atoms with Crippen LogP contribution < -0.4 is 20.3 Å². The number of benzene rings is 2. The van der Waals surface area contributed by atoms with Gasteiger partial charge in [0.05, 0.1) is 5.02 Å². The molecule has 0 aliphatic carbocycles. The number of hydrogen-bond acceptors (Lipinski definition) is 5. The van der Waals surface area contributed by atoms with Gasteiger partial charge in [-0.2, -0.15) is 0 Å². The molecule has 0 radical (unpaired) electrons. The minimum absolute atomic E-state index is 0.311. The van der Waals surface area contributed by atoms with Crippen LogP contribution in [0.15, 0.2) is 59.2 Å². The molecule has 9 heteroatoms. The van der Waals surface area contributed by atoms with Gasteiger partial charge in [0.2, 0.25) is 0 Å². The van der Waals surface area contributed by atoms with Crippen molar-refractivity contribution in [1.29, 1.82) is 0 Å². The number of carbonyl (C=O) groups is 2. The molecule has 0 saturated carbocycles. The Morgan fingerprint density at radius 1 is 1.17 bits per heavy atom. The van der Waals surface area contributed by atoms with E-state index in [-0.39, 0.29) is 6.61 Å². The van der Waals surface area contributed by atoms with Crippen molar-refractivity contribution in [2.75, 3.05) is 6.61 Å². The molecular formula is C20H17BrClN3O4. The number of aromatic nitrogens is 1. The minimum atomic E-state index is -0.810. The highest BCUT2D eigenvalue weighted by atomic mass is 79.9. The molecule has 0 saturated heterocycles. The highest BCUT2D eigenvalue weighted by Gasteiger charge is 2.16. The van der Waals surface area contributed by atoms with Gasteiger partial charge in [-0.3, -0.25) is 25.4 Å². The third-order valence-electron chi connectivity index (χ3n) is 3.84. The van der Waals surface area contributed by atoms with Crippen LogP contribution >= 0.6 is 27.5 Å². The number of ether oxygens (including phenoxy) is 2. The summed E-state index contributed by atoms with van der Waals surface area (Å²) in [6, 6.07) is 14.0. The van der Waals surface area contributed by atoms with E-state index in [0.717, 1.165) is 9.86 Å². The van der Waals surface area contributed by atoms with Crippen molar-refractivity contribution in [3.8, 4) is 11.5 Å². The molecule has 2 N–H and O–H groups in total. The van der Waals surface area contributed by atoms with Gasteiger partial charge in [0.1, 0.15) is 17.0 Å². The summed E-state index contributed by atoms with van der Waals surface area (Å²) in [6.07, 6.45) is 0.799. The first kappa shape index (κ1) is 20.9. The number of nitrogens with zero attached hydrogens (tertiary/aromatic N) is 1. The number of carbonyl (C=O) groups excluding carboxylic acids is 2. The molecule has 2 amide bonds. The maximum absolute atomic E-state index is 12.1. The van der Waals surface area contributed by atoms with Crippen molar-refractivity contribution < 1.29 is 19.1 Å². The third-order valence-corrected chi connectivity index (χ3v) is 4.66. The molecule has 150 valence electrons. The number of pyridine rings is 1. The zero-order chi connectivity index (χ0) is 20.8. The molecule has 29 heavy (non-hydrogen) atoms. The quantitative estimate of drug-likeness (QED) is 0.528. The van der Waals surface area contributed by atoms with Gasteiger partial charge in [-0.05, 0) is 49.4 Å². The summed E-state index contributed by atoms with van der Waals surface area (Å²) >= 11 is 9.47. The molecule has 7 nitrogen and oxygen atoms in total. The molecular weight excluding hydrogens is 462 g/mol. The Bertz CT molecular complexity index is 1050. The van der Waals surface area contributed by atoms with Gasteiger partial charge in [0, 0.05) is 16.1 Å². The van der Waals surface area contributed by atoms with E-state index in [2.05, 4.69) is 31.8 Å². The summed E-state index contributed by atoms with van der Waals surface area (Å²) < 4.78 is 11.9. The van der Waals surface area contributed by atoms with E-state index in [9.17, 15) is 9.59 Å². The van der Waals surface area contributed by atoms with Crippen molar-refractivity contribution in [1.82, 2.24) is 15.8 Å². The molecule has 1 atom stereocenters. The zero-order valence-electron chi connectivity index (χ0n) is 15.3. The predicted octanol–water partition coefficient (Wildman–Crippen LogP) is 3.64. The lowest BCUT2D eigenvalue weighted by atomic mass is 10.2. The Labute approximate surface area is 180 Å². The van der Waals surface area contributed by atoms with Crippen LogP contribution in [0.3, 0.4) is 0 Å². The molecule has 0 bridgehead atoms. The summed E-state index contributed by atoms with van der Waals surface area (Å²) in [5, 5.41) is 1.26. The summed E-state index contributed by atoms with van der Waals surface area (Å²) in [5.41, 5.74) is 5.15. The number of hydrazine groups is 1. The van der Waals surface area contributed by atoms with Gasteiger partial charge in [-0.15, -0.1) is 0 Å². The number of hydrogen-bond donors (Lipinski definition) is 2. The SMILES string of the molecule is CC(Oc1cccc(Br)c1)C(=O)NNC(=O)COc1ccc(Cl)c2cccnc12. The second-order valence-corrected chi connectivity index (χ2v) is 7.31. The van der Waals surface area contributed by atoms with E-state index >= 15 is 0 Å². The Kier molecular flexibility index (Phi) is 6.90. The highest BCUT2D eigenvalue weighted by molar-refractivity contribution is 9.10. The number of rotatable bonds is 6. The van der Waals surface area contributed by atoms with Crippen LogP contribution in [-0.2, 0) is 9.59 Å². The number of halogens is 2. The van der Waals surface area contributed by atoms with Crippen LogP contribution in [0.25, 0.3) is 10.9 Å². The fourth-order valence-electron chi connectivity index (χ4n) is 2.44. The second kappa shape index (κ2) is 9.58.